The van der Waals surface area contributed by atoms with Crippen LogP contribution in [0.1, 0.15) is 121 Å². The highest BCUT2D eigenvalue weighted by atomic mass is 15.2. The predicted molar refractivity (Wildman–Crippen MR) is 180 cm³/mol. The molecule has 0 aromatic heterocycles. The Labute approximate surface area is 255 Å². The zero-order chi connectivity index (χ0) is 28.9. The molecule has 220 valence electrons. The van der Waals surface area contributed by atoms with E-state index in [9.17, 15) is 0 Å². The smallest absolute Gasteiger partial charge is 0.0660 e. The van der Waals surface area contributed by atoms with Crippen LogP contribution in [0.4, 0.5) is 5.69 Å². The van der Waals surface area contributed by atoms with Crippen molar-refractivity contribution in [3.05, 3.63) is 107 Å². The lowest BCUT2D eigenvalue weighted by Gasteiger charge is -2.44. The van der Waals surface area contributed by atoms with Crippen LogP contribution in [-0.4, -0.2) is 6.04 Å². The topological polar surface area (TPSA) is 3.24 Å². The van der Waals surface area contributed by atoms with Crippen LogP contribution in [0, 0.1) is 17.3 Å². The Morgan fingerprint density at radius 2 is 1.45 bits per heavy atom. The molecule has 0 spiro atoms. The van der Waals surface area contributed by atoms with E-state index < -0.39 is 0 Å². The molecular formula is C41H51N. The molecule has 0 amide bonds. The van der Waals surface area contributed by atoms with Crippen molar-refractivity contribution < 1.29 is 0 Å². The third-order valence-corrected chi connectivity index (χ3v) is 11.9. The summed E-state index contributed by atoms with van der Waals surface area (Å²) < 4.78 is 0. The summed E-state index contributed by atoms with van der Waals surface area (Å²) in [6.45, 7) is 9.80. The molecule has 2 fully saturated rings. The van der Waals surface area contributed by atoms with Crippen LogP contribution < -0.4 is 4.90 Å². The Morgan fingerprint density at radius 1 is 0.762 bits per heavy atom. The van der Waals surface area contributed by atoms with Gasteiger partial charge in [0.15, 0.2) is 0 Å². The SMILES string of the molecule is CC1C=CC2=C(c3ccccc3C2(C)C)C1N(C1=CCC(C)(C2CCCCC2)C=C1)c1ccc(C2CCCCC2)cc1. The van der Waals surface area contributed by atoms with Gasteiger partial charge in [0.05, 0.1) is 6.04 Å². The molecule has 0 aliphatic heterocycles. The number of fused-ring (bicyclic) bond motifs is 2. The van der Waals surface area contributed by atoms with Gasteiger partial charge in [-0.25, -0.2) is 0 Å². The zero-order valence-corrected chi connectivity index (χ0v) is 26.5. The largest absolute Gasteiger partial charge is 0.334 e. The van der Waals surface area contributed by atoms with Gasteiger partial charge in [0.2, 0.25) is 0 Å². The Balaban J connectivity index is 1.30. The van der Waals surface area contributed by atoms with E-state index in [0.29, 0.717) is 5.92 Å². The maximum absolute atomic E-state index is 2.73. The van der Waals surface area contributed by atoms with Crippen molar-refractivity contribution in [3.8, 4) is 0 Å². The molecule has 0 bridgehead atoms. The Morgan fingerprint density at radius 3 is 2.14 bits per heavy atom. The van der Waals surface area contributed by atoms with Crippen molar-refractivity contribution in [3.63, 3.8) is 0 Å². The van der Waals surface area contributed by atoms with Crippen molar-refractivity contribution >= 4 is 11.3 Å². The van der Waals surface area contributed by atoms with E-state index in [2.05, 4.69) is 112 Å². The van der Waals surface area contributed by atoms with Gasteiger partial charge in [-0.3, -0.25) is 0 Å². The number of hydrogen-bond acceptors (Lipinski definition) is 1. The molecule has 2 saturated carbocycles. The molecule has 3 unspecified atom stereocenters. The standard InChI is InChI=1S/C41H51N/c1-29-19-24-37-38(35-17-11-12-18-36(35)40(37,2)3)39(29)42(33-22-20-31(21-23-33)30-13-7-5-8-14-30)34-25-27-41(4,28-26-34)32-15-9-6-10-16-32/h11-12,17-27,29-30,32,39H,5-10,13-16,28H2,1-4H3. The first-order valence-electron chi connectivity index (χ1n) is 17.2. The number of benzene rings is 2. The molecule has 1 heteroatoms. The zero-order valence-electron chi connectivity index (χ0n) is 26.5. The number of hydrogen-bond donors (Lipinski definition) is 0. The summed E-state index contributed by atoms with van der Waals surface area (Å²) in [7, 11) is 0. The fraction of sp³-hybridized carbons (Fsp3) is 0.512. The fourth-order valence-corrected chi connectivity index (χ4v) is 9.28. The first kappa shape index (κ1) is 28.0. The minimum Gasteiger partial charge on any atom is -0.334 e. The van der Waals surface area contributed by atoms with Gasteiger partial charge in [0.25, 0.3) is 0 Å². The second-order valence-corrected chi connectivity index (χ2v) is 15.0. The molecule has 7 rings (SSSR count). The monoisotopic (exact) mass is 557 g/mol. The van der Waals surface area contributed by atoms with Crippen LogP contribution in [0.3, 0.4) is 0 Å². The average molecular weight is 558 g/mol. The minimum atomic E-state index is 0.0215. The predicted octanol–water partition coefficient (Wildman–Crippen LogP) is 11.3. The summed E-state index contributed by atoms with van der Waals surface area (Å²) in [5, 5.41) is 0. The van der Waals surface area contributed by atoms with Crippen LogP contribution in [0.25, 0.3) is 5.57 Å². The maximum atomic E-state index is 2.73. The molecular weight excluding hydrogens is 506 g/mol. The van der Waals surface area contributed by atoms with Crippen molar-refractivity contribution in [2.75, 3.05) is 4.90 Å². The van der Waals surface area contributed by atoms with E-state index in [-0.39, 0.29) is 16.9 Å². The van der Waals surface area contributed by atoms with Crippen molar-refractivity contribution in [1.29, 1.82) is 0 Å². The third-order valence-electron chi connectivity index (χ3n) is 11.9. The molecule has 5 aliphatic carbocycles. The van der Waals surface area contributed by atoms with Crippen LogP contribution >= 0.6 is 0 Å². The lowest BCUT2D eigenvalue weighted by atomic mass is 9.66. The van der Waals surface area contributed by atoms with Gasteiger partial charge in [-0.15, -0.1) is 0 Å². The molecule has 2 aromatic rings. The summed E-state index contributed by atoms with van der Waals surface area (Å²) in [5.74, 6) is 1.96. The number of nitrogens with zero attached hydrogens (tertiary/aromatic N) is 1. The molecule has 1 nitrogen and oxygen atoms in total. The molecule has 0 N–H and O–H groups in total. The quantitative estimate of drug-likeness (QED) is 0.353. The Kier molecular flexibility index (Phi) is 7.36. The van der Waals surface area contributed by atoms with Gasteiger partial charge < -0.3 is 4.90 Å². The van der Waals surface area contributed by atoms with Crippen LogP contribution in [0.2, 0.25) is 0 Å². The van der Waals surface area contributed by atoms with E-state index in [0.717, 1.165) is 18.3 Å². The van der Waals surface area contributed by atoms with Crippen molar-refractivity contribution in [1.82, 2.24) is 0 Å². The minimum absolute atomic E-state index is 0.0215. The normalized spacial score (nSPS) is 29.3. The molecule has 42 heavy (non-hydrogen) atoms. The van der Waals surface area contributed by atoms with Gasteiger partial charge in [0.1, 0.15) is 0 Å². The van der Waals surface area contributed by atoms with E-state index in [4.69, 9.17) is 0 Å². The number of allylic oxidation sites excluding steroid dienone is 5. The Hall–Kier alpha value is -2.80. The number of rotatable bonds is 5. The molecule has 0 radical (unpaired) electrons. The summed E-state index contributed by atoms with van der Waals surface area (Å²) in [4.78, 5) is 2.73. The first-order valence-corrected chi connectivity index (χ1v) is 17.2. The number of anilines is 1. The van der Waals surface area contributed by atoms with Gasteiger partial charge in [0, 0.05) is 16.8 Å². The molecule has 3 atom stereocenters. The summed E-state index contributed by atoms with van der Waals surface area (Å²) >= 11 is 0. The highest BCUT2D eigenvalue weighted by molar-refractivity contribution is 5.89. The third kappa shape index (κ3) is 4.76. The van der Waals surface area contributed by atoms with Crippen LogP contribution in [0.15, 0.2) is 90.2 Å². The van der Waals surface area contributed by atoms with E-state index in [1.165, 1.54) is 97.9 Å². The van der Waals surface area contributed by atoms with Crippen LogP contribution in [-0.2, 0) is 5.41 Å². The van der Waals surface area contributed by atoms with Crippen molar-refractivity contribution in [2.45, 2.75) is 116 Å². The lowest BCUT2D eigenvalue weighted by molar-refractivity contribution is 0.190. The summed E-state index contributed by atoms with van der Waals surface area (Å²) in [5.41, 5.74) is 10.5. The summed E-state index contributed by atoms with van der Waals surface area (Å²) in [6.07, 6.45) is 27.7. The maximum Gasteiger partial charge on any atom is 0.0660 e. The average Bonchev–Trinajstić information content (AvgIpc) is 3.27. The molecule has 2 aromatic carbocycles. The second kappa shape index (κ2) is 11.0. The lowest BCUT2D eigenvalue weighted by Crippen LogP contribution is -2.42. The van der Waals surface area contributed by atoms with E-state index >= 15 is 0 Å². The highest BCUT2D eigenvalue weighted by Gasteiger charge is 2.44. The van der Waals surface area contributed by atoms with Gasteiger partial charge >= 0.3 is 0 Å². The summed E-state index contributed by atoms with van der Waals surface area (Å²) in [6, 6.07) is 19.3. The Bertz CT molecular complexity index is 1420. The van der Waals surface area contributed by atoms with Gasteiger partial charge in [-0.2, -0.15) is 0 Å². The molecule has 0 saturated heterocycles. The van der Waals surface area contributed by atoms with Crippen molar-refractivity contribution in [2.24, 2.45) is 17.3 Å². The highest BCUT2D eigenvalue weighted by Crippen LogP contribution is 2.53. The second-order valence-electron chi connectivity index (χ2n) is 15.0. The fourth-order valence-electron chi connectivity index (χ4n) is 9.28. The molecule has 5 aliphatic rings. The van der Waals surface area contributed by atoms with Crippen LogP contribution in [0.5, 0.6) is 0 Å². The van der Waals surface area contributed by atoms with E-state index in [1.54, 1.807) is 5.56 Å². The first-order chi connectivity index (χ1) is 20.4. The van der Waals surface area contributed by atoms with Gasteiger partial charge in [-0.1, -0.05) is 127 Å². The van der Waals surface area contributed by atoms with E-state index in [1.807, 2.05) is 0 Å². The van der Waals surface area contributed by atoms with Gasteiger partial charge in [-0.05, 0) is 101 Å². The molecule has 0 heterocycles.